The molecule has 9 heavy (non-hydrogen) atoms. The van der Waals surface area contributed by atoms with Crippen LogP contribution in [0.2, 0.25) is 0 Å². The Balaban J connectivity index is 2.48. The highest BCUT2D eigenvalue weighted by Gasteiger charge is 1.95. The first-order chi connectivity index (χ1) is 4.29. The van der Waals surface area contributed by atoms with Gasteiger partial charge in [-0.2, -0.15) is 4.80 Å². The Kier molecular flexibility index (Phi) is 1.77. The molecule has 0 bridgehead atoms. The second-order valence-electron chi connectivity index (χ2n) is 2.34. The maximum atomic E-state index is 3.73. The molecular formula is C5H9N4. The second kappa shape index (κ2) is 2.57. The molecule has 1 radical (unpaired) electrons. The number of hydrogen-bond donors (Lipinski definition) is 0. The standard InChI is InChI=1S/C5H9N4/c1-5(2)3-9-7-4-6-8-9/h5H,3H2,1-2H3. The molecule has 0 unspecified atom stereocenters. The predicted octanol–water partition coefficient (Wildman–Crippen LogP) is 0.129. The molecule has 0 saturated heterocycles. The molecule has 1 aromatic rings. The fourth-order valence-corrected chi connectivity index (χ4v) is 0.567. The van der Waals surface area contributed by atoms with Crippen molar-refractivity contribution in [2.24, 2.45) is 5.92 Å². The normalized spacial score (nSPS) is 10.6. The highest BCUT2D eigenvalue weighted by molar-refractivity contribution is 4.41. The third-order valence-electron chi connectivity index (χ3n) is 0.881. The summed E-state index contributed by atoms with van der Waals surface area (Å²) in [4.78, 5) is 1.53. The minimum atomic E-state index is 0.563. The Morgan fingerprint density at radius 2 is 2.33 bits per heavy atom. The second-order valence-corrected chi connectivity index (χ2v) is 2.34. The number of nitrogens with zero attached hydrogens (tertiary/aromatic N) is 4. The molecule has 49 valence electrons. The Labute approximate surface area is 53.9 Å². The van der Waals surface area contributed by atoms with Gasteiger partial charge < -0.3 is 0 Å². The van der Waals surface area contributed by atoms with Crippen molar-refractivity contribution in [1.82, 2.24) is 20.2 Å². The highest BCUT2D eigenvalue weighted by Crippen LogP contribution is 1.92. The monoisotopic (exact) mass is 125 g/mol. The molecular weight excluding hydrogens is 116 g/mol. The van der Waals surface area contributed by atoms with Gasteiger partial charge in [0.1, 0.15) is 0 Å². The molecule has 0 fully saturated rings. The summed E-state index contributed by atoms with van der Waals surface area (Å²) in [6, 6.07) is 0. The third-order valence-corrected chi connectivity index (χ3v) is 0.881. The van der Waals surface area contributed by atoms with E-state index < -0.39 is 0 Å². The van der Waals surface area contributed by atoms with Crippen LogP contribution in [0.15, 0.2) is 0 Å². The quantitative estimate of drug-likeness (QED) is 0.564. The van der Waals surface area contributed by atoms with Gasteiger partial charge in [-0.25, -0.2) is 0 Å². The van der Waals surface area contributed by atoms with Crippen LogP contribution >= 0.6 is 0 Å². The largest absolute Gasteiger partial charge is 0.245 e. The molecule has 4 heteroatoms. The van der Waals surface area contributed by atoms with Gasteiger partial charge in [0.05, 0.1) is 6.54 Å². The fourth-order valence-electron chi connectivity index (χ4n) is 0.567. The van der Waals surface area contributed by atoms with Gasteiger partial charge in [-0.1, -0.05) is 13.8 Å². The molecule has 0 aliphatic carbocycles. The molecule has 0 aromatic carbocycles. The molecule has 1 aromatic heterocycles. The van der Waals surface area contributed by atoms with Crippen LogP contribution in [0.25, 0.3) is 0 Å². The first kappa shape index (κ1) is 6.19. The van der Waals surface area contributed by atoms with Crippen molar-refractivity contribution in [1.29, 1.82) is 0 Å². The molecule has 1 heterocycles. The lowest BCUT2D eigenvalue weighted by Crippen LogP contribution is -2.07. The Morgan fingerprint density at radius 3 is 2.78 bits per heavy atom. The van der Waals surface area contributed by atoms with Crippen LogP contribution in [0, 0.1) is 12.2 Å². The van der Waals surface area contributed by atoms with Crippen LogP contribution < -0.4 is 0 Å². The molecule has 0 N–H and O–H groups in total. The number of hydrogen-bond acceptors (Lipinski definition) is 3. The zero-order valence-corrected chi connectivity index (χ0v) is 5.57. The van der Waals surface area contributed by atoms with Crippen LogP contribution in [-0.2, 0) is 6.54 Å². The Hall–Kier alpha value is -0.930. The molecule has 0 saturated carbocycles. The zero-order chi connectivity index (χ0) is 6.69. The molecule has 0 atom stereocenters. The lowest BCUT2D eigenvalue weighted by Gasteiger charge is -1.99. The van der Waals surface area contributed by atoms with E-state index in [-0.39, 0.29) is 0 Å². The summed E-state index contributed by atoms with van der Waals surface area (Å²) in [5, 5.41) is 10.8. The average Bonchev–Trinajstić information content (AvgIpc) is 2.15. The van der Waals surface area contributed by atoms with E-state index in [0.717, 1.165) is 6.54 Å². The molecule has 1 rings (SSSR count). The van der Waals surface area contributed by atoms with E-state index in [1.807, 2.05) is 0 Å². The number of tetrazole rings is 1. The van der Waals surface area contributed by atoms with Crippen molar-refractivity contribution in [3.8, 4) is 0 Å². The Bertz CT molecular complexity index is 155. The van der Waals surface area contributed by atoms with E-state index >= 15 is 0 Å². The molecule has 0 aliphatic rings. The maximum absolute atomic E-state index is 3.73. The van der Waals surface area contributed by atoms with Gasteiger partial charge in [0.15, 0.2) is 0 Å². The van der Waals surface area contributed by atoms with Gasteiger partial charge in [0, 0.05) is 0 Å². The average molecular weight is 125 g/mol. The van der Waals surface area contributed by atoms with Gasteiger partial charge >= 0.3 is 0 Å². The van der Waals surface area contributed by atoms with Crippen molar-refractivity contribution in [3.05, 3.63) is 6.33 Å². The summed E-state index contributed by atoms with van der Waals surface area (Å²) in [6.07, 6.45) is 2.39. The topological polar surface area (TPSA) is 43.6 Å². The van der Waals surface area contributed by atoms with E-state index in [9.17, 15) is 0 Å². The van der Waals surface area contributed by atoms with E-state index in [1.54, 1.807) is 0 Å². The minimum absolute atomic E-state index is 0.563. The molecule has 4 nitrogen and oxygen atoms in total. The van der Waals surface area contributed by atoms with Crippen molar-refractivity contribution < 1.29 is 0 Å². The van der Waals surface area contributed by atoms with Crippen LogP contribution in [0.1, 0.15) is 13.8 Å². The summed E-state index contributed by atoms with van der Waals surface area (Å²) in [5.74, 6) is 0.563. The van der Waals surface area contributed by atoms with E-state index in [1.165, 1.54) is 4.80 Å². The summed E-state index contributed by atoms with van der Waals surface area (Å²) in [7, 11) is 0. The van der Waals surface area contributed by atoms with Crippen LogP contribution in [-0.4, -0.2) is 20.2 Å². The lowest BCUT2D eigenvalue weighted by molar-refractivity contribution is 0.429. The van der Waals surface area contributed by atoms with Gasteiger partial charge in [-0.15, -0.1) is 10.2 Å². The van der Waals surface area contributed by atoms with Crippen LogP contribution in [0.4, 0.5) is 0 Å². The maximum Gasteiger partial charge on any atom is 0.245 e. The smallest absolute Gasteiger partial charge is 0.163 e. The van der Waals surface area contributed by atoms with Crippen LogP contribution in [0.3, 0.4) is 0 Å². The van der Waals surface area contributed by atoms with Crippen molar-refractivity contribution in [3.63, 3.8) is 0 Å². The summed E-state index contributed by atoms with van der Waals surface area (Å²) in [5.41, 5.74) is 0. The first-order valence-electron chi connectivity index (χ1n) is 2.93. The SMILES string of the molecule is CC(C)Cn1n[c]nn1. The summed E-state index contributed by atoms with van der Waals surface area (Å²) in [6.45, 7) is 5.02. The van der Waals surface area contributed by atoms with Crippen molar-refractivity contribution in [2.45, 2.75) is 20.4 Å². The molecule has 0 amide bonds. The van der Waals surface area contributed by atoms with Gasteiger partial charge in [0.25, 0.3) is 0 Å². The summed E-state index contributed by atoms with van der Waals surface area (Å²) < 4.78 is 0. The summed E-state index contributed by atoms with van der Waals surface area (Å²) >= 11 is 0. The fraction of sp³-hybridized carbons (Fsp3) is 0.800. The van der Waals surface area contributed by atoms with E-state index in [2.05, 4.69) is 35.6 Å². The lowest BCUT2D eigenvalue weighted by atomic mass is 10.2. The van der Waals surface area contributed by atoms with Gasteiger partial charge in [0.2, 0.25) is 6.33 Å². The zero-order valence-electron chi connectivity index (χ0n) is 5.57. The van der Waals surface area contributed by atoms with E-state index in [0.29, 0.717) is 5.92 Å². The van der Waals surface area contributed by atoms with Gasteiger partial charge in [-0.3, -0.25) is 0 Å². The number of rotatable bonds is 2. The van der Waals surface area contributed by atoms with Gasteiger partial charge in [-0.05, 0) is 11.1 Å². The van der Waals surface area contributed by atoms with Crippen LogP contribution in [0.5, 0.6) is 0 Å². The minimum Gasteiger partial charge on any atom is -0.163 e. The third kappa shape index (κ3) is 1.79. The van der Waals surface area contributed by atoms with Crippen molar-refractivity contribution >= 4 is 0 Å². The van der Waals surface area contributed by atoms with E-state index in [4.69, 9.17) is 0 Å². The molecule has 0 spiro atoms. The predicted molar refractivity (Wildman–Crippen MR) is 31.5 cm³/mol. The van der Waals surface area contributed by atoms with Crippen molar-refractivity contribution in [2.75, 3.05) is 0 Å². The highest BCUT2D eigenvalue weighted by atomic mass is 15.6. The molecule has 0 aliphatic heterocycles. The first-order valence-corrected chi connectivity index (χ1v) is 2.93. The number of aromatic nitrogens is 4. The Morgan fingerprint density at radius 1 is 1.56 bits per heavy atom.